The van der Waals surface area contributed by atoms with Crippen molar-refractivity contribution >= 4 is 11.7 Å². The van der Waals surface area contributed by atoms with Crippen LogP contribution in [-0.2, 0) is 16.1 Å². The molecule has 8 nitrogen and oxygen atoms in total. The molecule has 0 aliphatic carbocycles. The molecule has 0 radical (unpaired) electrons. The Labute approximate surface area is 145 Å². The normalized spacial score (nSPS) is 11.8. The minimum absolute atomic E-state index is 0.155. The van der Waals surface area contributed by atoms with Crippen LogP contribution in [0.2, 0.25) is 0 Å². The number of carboxylic acid groups (broad SMARTS) is 1. The highest BCUT2D eigenvalue weighted by molar-refractivity contribution is 5.68. The molecule has 1 heterocycles. The molecular formula is C17H21N3O5. The van der Waals surface area contributed by atoms with E-state index in [1.807, 2.05) is 31.2 Å². The van der Waals surface area contributed by atoms with Gasteiger partial charge in [0.15, 0.2) is 0 Å². The molecule has 0 fully saturated rings. The lowest BCUT2D eigenvalue weighted by Gasteiger charge is -2.15. The highest BCUT2D eigenvalue weighted by Gasteiger charge is 2.07. The zero-order chi connectivity index (χ0) is 18.2. The molecule has 0 bridgehead atoms. The fraction of sp³-hybridized carbons (Fsp3) is 0.353. The number of rotatable bonds is 9. The third kappa shape index (κ3) is 5.92. The fourth-order valence-electron chi connectivity index (χ4n) is 2.18. The van der Waals surface area contributed by atoms with Crippen molar-refractivity contribution < 1.29 is 19.4 Å². The summed E-state index contributed by atoms with van der Waals surface area (Å²) in [5.74, 6) is -0.266. The number of ether oxygens (including phenoxy) is 2. The van der Waals surface area contributed by atoms with Gasteiger partial charge < -0.3 is 19.9 Å². The number of carboxylic acids is 1. The molecule has 8 heteroatoms. The largest absolute Gasteiger partial charge is 0.497 e. The fourth-order valence-corrected chi connectivity index (χ4v) is 2.18. The predicted molar refractivity (Wildman–Crippen MR) is 92.1 cm³/mol. The van der Waals surface area contributed by atoms with Gasteiger partial charge in [0.2, 0.25) is 0 Å². The number of carbonyl (C=O) groups is 1. The highest BCUT2D eigenvalue weighted by Crippen LogP contribution is 2.12. The van der Waals surface area contributed by atoms with E-state index < -0.39 is 5.97 Å². The predicted octanol–water partition coefficient (Wildman–Crippen LogP) is 1.20. The van der Waals surface area contributed by atoms with E-state index in [9.17, 15) is 9.59 Å². The lowest BCUT2D eigenvalue weighted by atomic mass is 10.2. The lowest BCUT2D eigenvalue weighted by Crippen LogP contribution is -2.27. The maximum Gasteiger partial charge on any atom is 0.329 e. The maximum atomic E-state index is 12.2. The number of benzene rings is 1. The second-order valence-electron chi connectivity index (χ2n) is 5.54. The highest BCUT2D eigenvalue weighted by atomic mass is 16.5. The third-order valence-electron chi connectivity index (χ3n) is 3.37. The van der Waals surface area contributed by atoms with Crippen LogP contribution in [0.3, 0.4) is 0 Å². The van der Waals surface area contributed by atoms with Crippen molar-refractivity contribution in [2.75, 3.05) is 25.6 Å². The molecule has 0 aliphatic heterocycles. The summed E-state index contributed by atoms with van der Waals surface area (Å²) in [4.78, 5) is 22.6. The Morgan fingerprint density at radius 3 is 2.68 bits per heavy atom. The van der Waals surface area contributed by atoms with Crippen LogP contribution in [0, 0.1) is 0 Å². The zero-order valence-electron chi connectivity index (χ0n) is 14.1. The van der Waals surface area contributed by atoms with Crippen LogP contribution >= 0.6 is 0 Å². The minimum atomic E-state index is -1.02. The van der Waals surface area contributed by atoms with E-state index >= 15 is 0 Å². The summed E-state index contributed by atoms with van der Waals surface area (Å²) in [5, 5.41) is 15.7. The standard InChI is InChI=1S/C17H21N3O5/c1-12(10-25-11-17(22)23)19-14-7-16(21)20(18-8-14)9-13-3-5-15(24-2)6-4-13/h3-8,12,19H,9-11H2,1-2H3,(H,22,23). The first-order chi connectivity index (χ1) is 12.0. The Hall–Kier alpha value is -2.87. The Morgan fingerprint density at radius 2 is 2.08 bits per heavy atom. The minimum Gasteiger partial charge on any atom is -0.497 e. The smallest absolute Gasteiger partial charge is 0.329 e. The summed E-state index contributed by atoms with van der Waals surface area (Å²) in [6.45, 7) is 2.04. The van der Waals surface area contributed by atoms with Crippen LogP contribution in [0.15, 0.2) is 41.3 Å². The molecule has 2 aromatic rings. The third-order valence-corrected chi connectivity index (χ3v) is 3.37. The van der Waals surface area contributed by atoms with Crippen LogP contribution in [0.1, 0.15) is 12.5 Å². The summed E-state index contributed by atoms with van der Waals surface area (Å²) in [6, 6.07) is 8.70. The molecule has 1 atom stereocenters. The molecule has 134 valence electrons. The molecule has 2 rings (SSSR count). The van der Waals surface area contributed by atoms with Gasteiger partial charge in [-0.3, -0.25) is 4.79 Å². The van der Waals surface area contributed by atoms with Gasteiger partial charge in [-0.2, -0.15) is 5.10 Å². The number of anilines is 1. The van der Waals surface area contributed by atoms with Gasteiger partial charge in [-0.1, -0.05) is 12.1 Å². The number of methoxy groups -OCH3 is 1. The number of hydrogen-bond acceptors (Lipinski definition) is 6. The van der Waals surface area contributed by atoms with E-state index in [0.29, 0.717) is 12.2 Å². The van der Waals surface area contributed by atoms with Crippen LogP contribution in [-0.4, -0.2) is 47.2 Å². The van der Waals surface area contributed by atoms with E-state index in [4.69, 9.17) is 14.6 Å². The van der Waals surface area contributed by atoms with Gasteiger partial charge in [0.05, 0.1) is 32.1 Å². The van der Waals surface area contributed by atoms with Crippen LogP contribution in [0.25, 0.3) is 0 Å². The van der Waals surface area contributed by atoms with Gasteiger partial charge in [-0.05, 0) is 24.6 Å². The molecule has 0 saturated heterocycles. The quantitative estimate of drug-likeness (QED) is 0.702. The van der Waals surface area contributed by atoms with Crippen molar-refractivity contribution in [2.45, 2.75) is 19.5 Å². The van der Waals surface area contributed by atoms with E-state index in [1.54, 1.807) is 13.3 Å². The van der Waals surface area contributed by atoms with Gasteiger partial charge in [0, 0.05) is 12.1 Å². The average molecular weight is 347 g/mol. The Kier molecular flexibility index (Phi) is 6.53. The van der Waals surface area contributed by atoms with Crippen molar-refractivity contribution in [3.63, 3.8) is 0 Å². The topological polar surface area (TPSA) is 103 Å². The van der Waals surface area contributed by atoms with Gasteiger partial charge >= 0.3 is 5.97 Å². The molecule has 0 amide bonds. The summed E-state index contributed by atoms with van der Waals surface area (Å²) < 4.78 is 11.5. The second-order valence-corrected chi connectivity index (χ2v) is 5.54. The number of aromatic nitrogens is 2. The SMILES string of the molecule is COc1ccc(Cn2ncc(NC(C)COCC(=O)O)cc2=O)cc1. The molecule has 2 N–H and O–H groups in total. The van der Waals surface area contributed by atoms with Crippen LogP contribution in [0.5, 0.6) is 5.75 Å². The van der Waals surface area contributed by atoms with E-state index in [-0.39, 0.29) is 24.8 Å². The molecular weight excluding hydrogens is 326 g/mol. The lowest BCUT2D eigenvalue weighted by molar-refractivity contribution is -0.142. The summed E-state index contributed by atoms with van der Waals surface area (Å²) >= 11 is 0. The van der Waals surface area contributed by atoms with Gasteiger partial charge in [0.25, 0.3) is 5.56 Å². The average Bonchev–Trinajstić information content (AvgIpc) is 2.57. The molecule has 0 saturated carbocycles. The molecule has 1 aromatic carbocycles. The van der Waals surface area contributed by atoms with Crippen molar-refractivity contribution in [3.05, 3.63) is 52.4 Å². The number of nitrogens with zero attached hydrogens (tertiary/aromatic N) is 2. The molecule has 0 spiro atoms. The Bertz CT molecular complexity index is 758. The van der Waals surface area contributed by atoms with Crippen molar-refractivity contribution in [3.8, 4) is 5.75 Å². The van der Waals surface area contributed by atoms with E-state index in [1.165, 1.54) is 10.7 Å². The Morgan fingerprint density at radius 1 is 1.36 bits per heavy atom. The number of aliphatic carboxylic acids is 1. The summed E-state index contributed by atoms with van der Waals surface area (Å²) in [7, 11) is 1.60. The maximum absolute atomic E-state index is 12.2. The molecule has 1 unspecified atom stereocenters. The van der Waals surface area contributed by atoms with Gasteiger partial charge in [0.1, 0.15) is 12.4 Å². The van der Waals surface area contributed by atoms with Crippen molar-refractivity contribution in [2.24, 2.45) is 0 Å². The number of hydrogen-bond donors (Lipinski definition) is 2. The first-order valence-electron chi connectivity index (χ1n) is 7.74. The van der Waals surface area contributed by atoms with Gasteiger partial charge in [-0.25, -0.2) is 9.48 Å². The molecule has 25 heavy (non-hydrogen) atoms. The van der Waals surface area contributed by atoms with Crippen molar-refractivity contribution in [1.29, 1.82) is 0 Å². The molecule has 1 aromatic heterocycles. The second kappa shape index (κ2) is 8.84. The van der Waals surface area contributed by atoms with Crippen LogP contribution < -0.4 is 15.6 Å². The zero-order valence-corrected chi connectivity index (χ0v) is 14.1. The van der Waals surface area contributed by atoms with Gasteiger partial charge in [-0.15, -0.1) is 0 Å². The Balaban J connectivity index is 1.95. The van der Waals surface area contributed by atoms with Crippen LogP contribution in [0.4, 0.5) is 5.69 Å². The summed E-state index contributed by atoms with van der Waals surface area (Å²) in [6.07, 6.45) is 1.55. The summed E-state index contributed by atoms with van der Waals surface area (Å²) in [5.41, 5.74) is 1.26. The molecule has 0 aliphatic rings. The van der Waals surface area contributed by atoms with Crippen molar-refractivity contribution in [1.82, 2.24) is 9.78 Å². The van der Waals surface area contributed by atoms with E-state index in [2.05, 4.69) is 10.4 Å². The first kappa shape index (κ1) is 18.5. The number of nitrogens with one attached hydrogen (secondary N) is 1. The monoisotopic (exact) mass is 347 g/mol. The van der Waals surface area contributed by atoms with E-state index in [0.717, 1.165) is 11.3 Å². The first-order valence-corrected chi connectivity index (χ1v) is 7.74.